The maximum absolute atomic E-state index is 13.5. The van der Waals surface area contributed by atoms with Crippen LogP contribution in [0.1, 0.15) is 46.2 Å². The molecule has 0 spiro atoms. The van der Waals surface area contributed by atoms with Crippen molar-refractivity contribution in [1.82, 2.24) is 30.5 Å². The van der Waals surface area contributed by atoms with Gasteiger partial charge in [0.2, 0.25) is 11.7 Å². The molecule has 0 aliphatic rings. The van der Waals surface area contributed by atoms with Crippen LogP contribution < -0.4 is 16.2 Å². The Morgan fingerprint density at radius 1 is 1.02 bits per heavy atom. The number of aromatic nitrogens is 5. The zero-order valence-corrected chi connectivity index (χ0v) is 24.2. The van der Waals surface area contributed by atoms with Crippen molar-refractivity contribution >= 4 is 29.3 Å². The quantitative estimate of drug-likeness (QED) is 0.267. The van der Waals surface area contributed by atoms with E-state index in [9.17, 15) is 14.4 Å². The average molecular weight is 578 g/mol. The molecule has 12 heteroatoms. The number of hydrogen-bond acceptors (Lipinski definition) is 7. The van der Waals surface area contributed by atoms with E-state index in [2.05, 4.69) is 31.3 Å². The molecule has 41 heavy (non-hydrogen) atoms. The highest BCUT2D eigenvalue weighted by Crippen LogP contribution is 2.27. The van der Waals surface area contributed by atoms with E-state index >= 15 is 0 Å². The highest BCUT2D eigenvalue weighted by molar-refractivity contribution is 6.31. The number of aromatic amines is 1. The smallest absolute Gasteiger partial charge is 0.408 e. The Morgan fingerprint density at radius 2 is 1.71 bits per heavy atom. The van der Waals surface area contributed by atoms with E-state index in [-0.39, 0.29) is 18.0 Å². The van der Waals surface area contributed by atoms with Crippen LogP contribution in [0.3, 0.4) is 0 Å². The van der Waals surface area contributed by atoms with Gasteiger partial charge in [0.15, 0.2) is 0 Å². The number of alkyl carbamates (subject to hydrolysis) is 1. The van der Waals surface area contributed by atoms with E-state index in [4.69, 9.17) is 16.3 Å². The van der Waals surface area contributed by atoms with Crippen molar-refractivity contribution in [2.24, 2.45) is 0 Å². The number of carbonyl (C=O) groups excluding carboxylic acids is 2. The van der Waals surface area contributed by atoms with Crippen LogP contribution in [0.5, 0.6) is 0 Å². The third kappa shape index (κ3) is 7.79. The van der Waals surface area contributed by atoms with Gasteiger partial charge in [0, 0.05) is 41.0 Å². The van der Waals surface area contributed by atoms with E-state index in [0.717, 1.165) is 11.1 Å². The van der Waals surface area contributed by atoms with Crippen LogP contribution in [-0.4, -0.2) is 48.8 Å². The topological polar surface area (TPSA) is 144 Å². The fourth-order valence-corrected chi connectivity index (χ4v) is 4.28. The zero-order valence-electron chi connectivity index (χ0n) is 23.4. The number of hydrogen-bond donors (Lipinski definition) is 3. The maximum Gasteiger partial charge on any atom is 0.408 e. The number of rotatable bonds is 8. The van der Waals surface area contributed by atoms with Crippen molar-refractivity contribution in [1.29, 1.82) is 0 Å². The van der Waals surface area contributed by atoms with Crippen molar-refractivity contribution < 1.29 is 14.3 Å². The molecule has 2 amide bonds. The molecular weight excluding hydrogens is 546 g/mol. The predicted molar refractivity (Wildman–Crippen MR) is 157 cm³/mol. The highest BCUT2D eigenvalue weighted by Gasteiger charge is 2.26. The van der Waals surface area contributed by atoms with Gasteiger partial charge in [-0.1, -0.05) is 17.7 Å². The standard InChI is InChI=1S/C29H32ClN7O4/c1-17(2)37-16-20(9-13-25(37)38)19-8-12-23(30)21(14-19)15-24(32-28(40)41-29(3,4)5)27(39)31-22-10-6-18(7-11-22)26-33-35-36-34-26/h6-14,16-17,24H,15H2,1-5H3,(H,31,39)(H,32,40)(H,33,34,35,36). The largest absolute Gasteiger partial charge is 0.444 e. The van der Waals surface area contributed by atoms with Gasteiger partial charge in [0.25, 0.3) is 5.56 Å². The second kappa shape index (κ2) is 12.3. The van der Waals surface area contributed by atoms with Gasteiger partial charge in [-0.15, -0.1) is 10.2 Å². The molecule has 2 aromatic carbocycles. The average Bonchev–Trinajstić information content (AvgIpc) is 3.44. The lowest BCUT2D eigenvalue weighted by Gasteiger charge is -2.24. The first-order valence-corrected chi connectivity index (χ1v) is 13.4. The number of ether oxygens (including phenoxy) is 1. The summed E-state index contributed by atoms with van der Waals surface area (Å²) in [6.07, 6.45) is 1.14. The lowest BCUT2D eigenvalue weighted by atomic mass is 9.99. The molecule has 0 fully saturated rings. The minimum Gasteiger partial charge on any atom is -0.444 e. The number of H-pyrrole nitrogens is 1. The summed E-state index contributed by atoms with van der Waals surface area (Å²) in [7, 11) is 0. The Kier molecular flexibility index (Phi) is 8.87. The summed E-state index contributed by atoms with van der Waals surface area (Å²) in [5.41, 5.74) is 2.64. The number of benzene rings is 2. The maximum atomic E-state index is 13.5. The minimum absolute atomic E-state index is 0.0124. The molecule has 4 aromatic rings. The Hall–Kier alpha value is -4.51. The number of tetrazole rings is 1. The summed E-state index contributed by atoms with van der Waals surface area (Å²) in [5.74, 6) is -0.0383. The van der Waals surface area contributed by atoms with E-state index in [1.807, 2.05) is 26.0 Å². The van der Waals surface area contributed by atoms with Crippen LogP contribution in [0.25, 0.3) is 22.5 Å². The molecule has 1 atom stereocenters. The van der Waals surface area contributed by atoms with Gasteiger partial charge in [0.1, 0.15) is 11.6 Å². The molecular formula is C29H32ClN7O4. The lowest BCUT2D eigenvalue weighted by molar-refractivity contribution is -0.118. The van der Waals surface area contributed by atoms with Crippen molar-refractivity contribution in [2.45, 2.75) is 58.7 Å². The molecule has 11 nitrogen and oxygen atoms in total. The van der Waals surface area contributed by atoms with E-state index < -0.39 is 23.6 Å². The van der Waals surface area contributed by atoms with Crippen molar-refractivity contribution in [3.63, 3.8) is 0 Å². The SMILES string of the molecule is CC(C)n1cc(-c2ccc(Cl)c(CC(NC(=O)OC(C)(C)C)C(=O)Nc3ccc(-c4nn[nH]n4)cc3)c2)ccc1=O. The number of halogens is 1. The van der Waals surface area contributed by atoms with Crippen LogP contribution in [0, 0.1) is 0 Å². The summed E-state index contributed by atoms with van der Waals surface area (Å²) in [6, 6.07) is 14.6. The highest BCUT2D eigenvalue weighted by atomic mass is 35.5. The van der Waals surface area contributed by atoms with Crippen molar-refractivity contribution in [3.05, 3.63) is 81.7 Å². The zero-order chi connectivity index (χ0) is 29.7. The molecule has 0 aliphatic heterocycles. The van der Waals surface area contributed by atoms with Gasteiger partial charge in [-0.05, 0) is 99.0 Å². The monoisotopic (exact) mass is 577 g/mol. The number of anilines is 1. The Balaban J connectivity index is 1.60. The molecule has 2 aromatic heterocycles. The molecule has 0 saturated heterocycles. The molecule has 3 N–H and O–H groups in total. The molecule has 0 aliphatic carbocycles. The van der Waals surface area contributed by atoms with Crippen molar-refractivity contribution in [3.8, 4) is 22.5 Å². The second-order valence-corrected chi connectivity index (χ2v) is 11.2. The first-order chi connectivity index (χ1) is 19.4. The molecule has 4 rings (SSSR count). The third-order valence-corrected chi connectivity index (χ3v) is 6.43. The Morgan fingerprint density at radius 3 is 2.34 bits per heavy atom. The second-order valence-electron chi connectivity index (χ2n) is 10.8. The molecule has 214 valence electrons. The van der Waals surface area contributed by atoms with Gasteiger partial charge in [-0.2, -0.15) is 5.21 Å². The molecule has 0 radical (unpaired) electrons. The van der Waals surface area contributed by atoms with E-state index in [1.54, 1.807) is 67.9 Å². The van der Waals surface area contributed by atoms with Crippen LogP contribution in [0.15, 0.2) is 65.6 Å². The van der Waals surface area contributed by atoms with E-state index in [0.29, 0.717) is 27.7 Å². The van der Waals surface area contributed by atoms with Crippen molar-refractivity contribution in [2.75, 3.05) is 5.32 Å². The number of carbonyl (C=O) groups is 2. The fraction of sp³-hybridized carbons (Fsp3) is 0.310. The third-order valence-electron chi connectivity index (χ3n) is 6.06. The number of nitrogens with zero attached hydrogens (tertiary/aromatic N) is 4. The van der Waals surface area contributed by atoms with Crippen LogP contribution >= 0.6 is 11.6 Å². The van der Waals surface area contributed by atoms with Gasteiger partial charge in [0.05, 0.1) is 0 Å². The first-order valence-electron chi connectivity index (χ1n) is 13.0. The van der Waals surface area contributed by atoms with Crippen LogP contribution in [-0.2, 0) is 16.0 Å². The van der Waals surface area contributed by atoms with Crippen LogP contribution in [0.2, 0.25) is 5.02 Å². The summed E-state index contributed by atoms with van der Waals surface area (Å²) >= 11 is 6.56. The minimum atomic E-state index is -1.01. The van der Waals surface area contributed by atoms with Gasteiger partial charge in [-0.25, -0.2) is 4.79 Å². The lowest BCUT2D eigenvalue weighted by Crippen LogP contribution is -2.47. The number of amides is 2. The van der Waals surface area contributed by atoms with Gasteiger partial charge in [-0.3, -0.25) is 9.59 Å². The summed E-state index contributed by atoms with van der Waals surface area (Å²) < 4.78 is 7.06. The normalized spacial score (nSPS) is 12.2. The number of pyridine rings is 1. The van der Waals surface area contributed by atoms with Gasteiger partial charge >= 0.3 is 6.09 Å². The van der Waals surface area contributed by atoms with Gasteiger partial charge < -0.3 is 19.9 Å². The Bertz CT molecular complexity index is 1580. The predicted octanol–water partition coefficient (Wildman–Crippen LogP) is 5.00. The fourth-order valence-electron chi connectivity index (χ4n) is 4.08. The molecule has 2 heterocycles. The Labute approximate surface area is 242 Å². The molecule has 0 bridgehead atoms. The first kappa shape index (κ1) is 29.5. The van der Waals surface area contributed by atoms with E-state index in [1.165, 1.54) is 6.07 Å². The number of nitrogens with one attached hydrogen (secondary N) is 3. The molecule has 1 unspecified atom stereocenters. The summed E-state index contributed by atoms with van der Waals surface area (Å²) in [5, 5.41) is 19.8. The van der Waals surface area contributed by atoms with Crippen LogP contribution in [0.4, 0.5) is 10.5 Å². The summed E-state index contributed by atoms with van der Waals surface area (Å²) in [6.45, 7) is 9.09. The summed E-state index contributed by atoms with van der Waals surface area (Å²) in [4.78, 5) is 38.4. The molecule has 0 saturated carbocycles.